The summed E-state index contributed by atoms with van der Waals surface area (Å²) in [5, 5.41) is 15.5. The number of anilines is 1. The van der Waals surface area contributed by atoms with Crippen molar-refractivity contribution in [2.75, 3.05) is 5.73 Å². The van der Waals surface area contributed by atoms with E-state index in [-0.39, 0.29) is 11.3 Å². The molecule has 2 aromatic heterocycles. The number of nitrogens with zero attached hydrogens (tertiary/aromatic N) is 4. The maximum Gasteiger partial charge on any atom is 0.359 e. The Morgan fingerprint density at radius 2 is 2.36 bits per heavy atom. The Labute approximate surface area is 76.0 Å². The number of hydrogen-bond donors (Lipinski definition) is 2. The van der Waals surface area contributed by atoms with Crippen LogP contribution in [0.2, 0.25) is 0 Å². The average Bonchev–Trinajstić information content (AvgIpc) is 2.45. The predicted octanol–water partition coefficient (Wildman–Crippen LogP) is -0.456. The van der Waals surface area contributed by atoms with Gasteiger partial charge < -0.3 is 10.8 Å². The molecule has 72 valence electrons. The van der Waals surface area contributed by atoms with Gasteiger partial charge in [-0.2, -0.15) is 0 Å². The van der Waals surface area contributed by atoms with Crippen molar-refractivity contribution in [2.45, 2.75) is 0 Å². The van der Waals surface area contributed by atoms with Crippen molar-refractivity contribution in [1.82, 2.24) is 19.8 Å². The van der Waals surface area contributed by atoms with Gasteiger partial charge in [-0.05, 0) is 0 Å². The molecule has 0 fully saturated rings. The fourth-order valence-corrected chi connectivity index (χ4v) is 1.02. The van der Waals surface area contributed by atoms with Crippen LogP contribution in [0.3, 0.4) is 0 Å². The summed E-state index contributed by atoms with van der Waals surface area (Å²) < 4.78 is 14.1. The van der Waals surface area contributed by atoms with Crippen LogP contribution in [0.1, 0.15) is 10.5 Å². The molecule has 7 nitrogen and oxygen atoms in total. The maximum atomic E-state index is 13.3. The minimum atomic E-state index is -1.48. The molecule has 0 aliphatic carbocycles. The van der Waals surface area contributed by atoms with Crippen LogP contribution < -0.4 is 5.73 Å². The van der Waals surface area contributed by atoms with Gasteiger partial charge in [0.15, 0.2) is 17.2 Å². The zero-order chi connectivity index (χ0) is 10.3. The smallest absolute Gasteiger partial charge is 0.359 e. The summed E-state index contributed by atoms with van der Waals surface area (Å²) in [5.41, 5.74) is 4.37. The van der Waals surface area contributed by atoms with Crippen molar-refractivity contribution >= 4 is 17.3 Å². The van der Waals surface area contributed by atoms with Gasteiger partial charge in [-0.25, -0.2) is 14.2 Å². The maximum absolute atomic E-state index is 13.3. The molecule has 0 aliphatic heterocycles. The summed E-state index contributed by atoms with van der Waals surface area (Å²) in [6, 6.07) is 0. The van der Waals surface area contributed by atoms with E-state index in [9.17, 15) is 9.18 Å². The number of halogens is 1. The van der Waals surface area contributed by atoms with Crippen molar-refractivity contribution in [2.24, 2.45) is 0 Å². The Morgan fingerprint density at radius 3 is 2.93 bits per heavy atom. The van der Waals surface area contributed by atoms with Crippen LogP contribution in [0, 0.1) is 5.82 Å². The van der Waals surface area contributed by atoms with Gasteiger partial charge in [0.2, 0.25) is 5.69 Å². The standard InChI is InChI=1S/C6H4FN5O2/c7-2-3(6(13)14)11-12-4(2)5(8)9-1-10-12/h1H,(H,13,14)(H2,8,9,10). The number of aromatic nitrogens is 4. The highest BCUT2D eigenvalue weighted by Gasteiger charge is 2.21. The Morgan fingerprint density at radius 1 is 1.64 bits per heavy atom. The van der Waals surface area contributed by atoms with Crippen LogP contribution in [0.5, 0.6) is 0 Å². The number of nitrogens with two attached hydrogens (primary N) is 1. The van der Waals surface area contributed by atoms with Crippen LogP contribution in [0.15, 0.2) is 6.33 Å². The van der Waals surface area contributed by atoms with Gasteiger partial charge in [0.05, 0.1) is 0 Å². The molecule has 0 aromatic carbocycles. The number of aromatic carboxylic acids is 1. The normalized spacial score (nSPS) is 10.6. The van der Waals surface area contributed by atoms with Gasteiger partial charge in [0, 0.05) is 0 Å². The van der Waals surface area contributed by atoms with E-state index in [2.05, 4.69) is 15.2 Å². The number of carbonyl (C=O) groups is 1. The molecule has 0 unspecified atom stereocenters. The lowest BCUT2D eigenvalue weighted by atomic mass is 10.3. The molecule has 3 N–H and O–H groups in total. The highest BCUT2D eigenvalue weighted by atomic mass is 19.1. The predicted molar refractivity (Wildman–Crippen MR) is 42.1 cm³/mol. The summed E-state index contributed by atoms with van der Waals surface area (Å²) in [6.07, 6.45) is 1.06. The summed E-state index contributed by atoms with van der Waals surface area (Å²) in [6.45, 7) is 0. The molecule has 2 heterocycles. The number of nitrogen functional groups attached to an aromatic ring is 1. The molecule has 0 spiro atoms. The van der Waals surface area contributed by atoms with Crippen LogP contribution in [0.4, 0.5) is 10.2 Å². The molecule has 2 rings (SSSR count). The minimum Gasteiger partial charge on any atom is -0.476 e. The van der Waals surface area contributed by atoms with E-state index in [4.69, 9.17) is 10.8 Å². The number of carboxylic acid groups (broad SMARTS) is 1. The fraction of sp³-hybridized carbons (Fsp3) is 0. The van der Waals surface area contributed by atoms with E-state index in [1.165, 1.54) is 0 Å². The first kappa shape index (κ1) is 8.35. The molecular formula is C6H4FN5O2. The van der Waals surface area contributed by atoms with E-state index in [0.717, 1.165) is 11.0 Å². The Kier molecular flexibility index (Phi) is 1.56. The molecule has 0 bridgehead atoms. The van der Waals surface area contributed by atoms with Crippen molar-refractivity contribution < 1.29 is 14.3 Å². The molecule has 0 atom stereocenters. The summed E-state index contributed by atoms with van der Waals surface area (Å²) in [5.74, 6) is -2.67. The molecular weight excluding hydrogens is 193 g/mol. The molecule has 14 heavy (non-hydrogen) atoms. The van der Waals surface area contributed by atoms with Gasteiger partial charge in [-0.1, -0.05) is 0 Å². The van der Waals surface area contributed by atoms with E-state index < -0.39 is 17.5 Å². The second kappa shape index (κ2) is 2.62. The van der Waals surface area contributed by atoms with Gasteiger partial charge in [0.25, 0.3) is 0 Å². The van der Waals surface area contributed by atoms with E-state index >= 15 is 0 Å². The van der Waals surface area contributed by atoms with Crippen molar-refractivity contribution in [3.8, 4) is 0 Å². The van der Waals surface area contributed by atoms with Gasteiger partial charge in [0.1, 0.15) is 6.33 Å². The second-order valence-electron chi connectivity index (χ2n) is 2.45. The van der Waals surface area contributed by atoms with E-state index in [1.54, 1.807) is 0 Å². The monoisotopic (exact) mass is 197 g/mol. The van der Waals surface area contributed by atoms with Crippen LogP contribution >= 0.6 is 0 Å². The van der Waals surface area contributed by atoms with Crippen molar-refractivity contribution in [3.05, 3.63) is 17.8 Å². The Bertz CT molecular complexity index is 522. The Hall–Kier alpha value is -2.25. The largest absolute Gasteiger partial charge is 0.476 e. The first-order valence-electron chi connectivity index (χ1n) is 3.49. The van der Waals surface area contributed by atoms with Gasteiger partial charge >= 0.3 is 5.97 Å². The topological polar surface area (TPSA) is 106 Å². The molecule has 0 amide bonds. The van der Waals surface area contributed by atoms with Gasteiger partial charge in [-0.15, -0.1) is 14.8 Å². The second-order valence-corrected chi connectivity index (χ2v) is 2.45. The van der Waals surface area contributed by atoms with Crippen LogP contribution in [-0.4, -0.2) is 30.9 Å². The highest BCUT2D eigenvalue weighted by Crippen LogP contribution is 2.16. The quantitative estimate of drug-likeness (QED) is 0.640. The van der Waals surface area contributed by atoms with Crippen molar-refractivity contribution in [1.29, 1.82) is 0 Å². The number of fused-ring (bicyclic) bond motifs is 1. The minimum absolute atomic E-state index is 0.155. The van der Waals surface area contributed by atoms with Crippen LogP contribution in [0.25, 0.3) is 5.52 Å². The lowest BCUT2D eigenvalue weighted by Gasteiger charge is -1.92. The van der Waals surface area contributed by atoms with E-state index in [0.29, 0.717) is 0 Å². The zero-order valence-electron chi connectivity index (χ0n) is 6.68. The Balaban J connectivity index is 2.87. The lowest BCUT2D eigenvalue weighted by Crippen LogP contribution is -2.01. The highest BCUT2D eigenvalue weighted by molar-refractivity contribution is 5.88. The molecule has 0 aliphatic rings. The molecule has 2 aromatic rings. The molecule has 8 heteroatoms. The summed E-state index contributed by atoms with van der Waals surface area (Å²) in [4.78, 5) is 14.0. The van der Waals surface area contributed by atoms with E-state index in [1.807, 2.05) is 0 Å². The third-order valence-corrected chi connectivity index (χ3v) is 1.61. The zero-order valence-corrected chi connectivity index (χ0v) is 6.68. The third-order valence-electron chi connectivity index (χ3n) is 1.61. The molecule has 0 radical (unpaired) electrons. The molecule has 0 saturated heterocycles. The molecule has 0 saturated carbocycles. The number of carboxylic acids is 1. The third kappa shape index (κ3) is 0.969. The van der Waals surface area contributed by atoms with Crippen LogP contribution in [-0.2, 0) is 0 Å². The lowest BCUT2D eigenvalue weighted by molar-refractivity contribution is 0.0685. The first-order valence-corrected chi connectivity index (χ1v) is 3.49. The summed E-state index contributed by atoms with van der Waals surface area (Å²) >= 11 is 0. The SMILES string of the molecule is Nc1ncnn2nc(C(=O)O)c(F)c12. The van der Waals surface area contributed by atoms with Gasteiger partial charge in [-0.3, -0.25) is 0 Å². The average molecular weight is 197 g/mol. The van der Waals surface area contributed by atoms with Crippen molar-refractivity contribution in [3.63, 3.8) is 0 Å². The summed E-state index contributed by atoms with van der Waals surface area (Å²) in [7, 11) is 0. The first-order chi connectivity index (χ1) is 6.61. The number of rotatable bonds is 1. The number of hydrogen-bond acceptors (Lipinski definition) is 5. The fourth-order valence-electron chi connectivity index (χ4n) is 1.02.